The molecule has 0 aliphatic heterocycles. The van der Waals surface area contributed by atoms with Gasteiger partial charge in [0.1, 0.15) is 0 Å². The molecule has 0 atom stereocenters. The summed E-state index contributed by atoms with van der Waals surface area (Å²) in [4.78, 5) is 13.6. The third-order valence-electron chi connectivity index (χ3n) is 1.99. The highest BCUT2D eigenvalue weighted by Crippen LogP contribution is 2.06. The third-order valence-corrected chi connectivity index (χ3v) is 1.99. The second kappa shape index (κ2) is 5.97. The van der Waals surface area contributed by atoms with Crippen LogP contribution in [0.25, 0.3) is 0 Å². The van der Waals surface area contributed by atoms with Crippen LogP contribution in [-0.4, -0.2) is 36.5 Å². The predicted octanol–water partition coefficient (Wildman–Crippen LogP) is 1.24. The molecule has 0 saturated carbocycles. The Balaban J connectivity index is 4.13. The van der Waals surface area contributed by atoms with E-state index < -0.39 is 0 Å². The van der Waals surface area contributed by atoms with Crippen LogP contribution in [0.5, 0.6) is 0 Å². The summed E-state index contributed by atoms with van der Waals surface area (Å²) in [5.41, 5.74) is 0. The van der Waals surface area contributed by atoms with Gasteiger partial charge in [0.05, 0.1) is 0 Å². The van der Waals surface area contributed by atoms with E-state index in [0.717, 1.165) is 6.54 Å². The highest BCUT2D eigenvalue weighted by Gasteiger charge is 2.18. The Kier molecular flexibility index (Phi) is 5.71. The Morgan fingerprint density at radius 1 is 1.23 bits per heavy atom. The molecule has 0 fully saturated rings. The molecular formula is C10H22N2O. The summed E-state index contributed by atoms with van der Waals surface area (Å²) >= 11 is 0. The fourth-order valence-electron chi connectivity index (χ4n) is 1.53. The van der Waals surface area contributed by atoms with Crippen molar-refractivity contribution in [2.24, 2.45) is 0 Å². The highest BCUT2D eigenvalue weighted by molar-refractivity contribution is 5.76. The van der Waals surface area contributed by atoms with E-state index >= 15 is 0 Å². The summed E-state index contributed by atoms with van der Waals surface area (Å²) in [6.45, 7) is 8.97. The first kappa shape index (κ1) is 12.4. The second-order valence-electron chi connectivity index (χ2n) is 3.84. The number of carbonyl (C=O) groups excluding carboxylic acids is 1. The van der Waals surface area contributed by atoms with E-state index in [9.17, 15) is 4.79 Å². The van der Waals surface area contributed by atoms with E-state index in [1.807, 2.05) is 11.9 Å². The van der Waals surface area contributed by atoms with Crippen LogP contribution in [0.1, 0.15) is 34.1 Å². The molecule has 0 radical (unpaired) electrons. The standard InChI is InChI=1S/C10H22N2O/c1-8(2)12(9(3)4)10(13)6-7-11-5/h8-9,11H,6-7H2,1-5H3. The molecule has 0 rings (SSSR count). The summed E-state index contributed by atoms with van der Waals surface area (Å²) < 4.78 is 0. The van der Waals surface area contributed by atoms with Crippen LogP contribution in [0.2, 0.25) is 0 Å². The normalized spacial score (nSPS) is 11.0. The van der Waals surface area contributed by atoms with E-state index in [0.29, 0.717) is 18.5 Å². The zero-order chi connectivity index (χ0) is 10.4. The molecule has 0 aliphatic rings. The lowest BCUT2D eigenvalue weighted by atomic mass is 10.2. The second-order valence-corrected chi connectivity index (χ2v) is 3.84. The minimum atomic E-state index is 0.236. The molecule has 0 aliphatic carbocycles. The molecular weight excluding hydrogens is 164 g/mol. The van der Waals surface area contributed by atoms with Crippen LogP contribution >= 0.6 is 0 Å². The Hall–Kier alpha value is -0.570. The number of amides is 1. The molecule has 0 heterocycles. The van der Waals surface area contributed by atoms with Crippen molar-refractivity contribution in [3.05, 3.63) is 0 Å². The molecule has 0 unspecified atom stereocenters. The van der Waals surface area contributed by atoms with Gasteiger partial charge in [-0.25, -0.2) is 0 Å². The first-order chi connectivity index (χ1) is 6.00. The van der Waals surface area contributed by atoms with Gasteiger partial charge in [-0.15, -0.1) is 0 Å². The van der Waals surface area contributed by atoms with Gasteiger partial charge in [0.15, 0.2) is 0 Å². The molecule has 0 saturated heterocycles. The van der Waals surface area contributed by atoms with Crippen molar-refractivity contribution in [1.29, 1.82) is 0 Å². The van der Waals surface area contributed by atoms with Gasteiger partial charge in [-0.2, -0.15) is 0 Å². The molecule has 0 spiro atoms. The number of nitrogens with one attached hydrogen (secondary N) is 1. The Bertz CT molecular complexity index is 147. The van der Waals surface area contributed by atoms with E-state index in [1.54, 1.807) is 0 Å². The van der Waals surface area contributed by atoms with Crippen molar-refractivity contribution in [2.45, 2.75) is 46.2 Å². The minimum absolute atomic E-state index is 0.236. The van der Waals surface area contributed by atoms with Crippen LogP contribution in [0.3, 0.4) is 0 Å². The van der Waals surface area contributed by atoms with Gasteiger partial charge >= 0.3 is 0 Å². The summed E-state index contributed by atoms with van der Waals surface area (Å²) in [6.07, 6.45) is 0.590. The van der Waals surface area contributed by atoms with Crippen molar-refractivity contribution >= 4 is 5.91 Å². The molecule has 0 bridgehead atoms. The zero-order valence-corrected chi connectivity index (χ0v) is 9.42. The molecule has 0 aromatic carbocycles. The Labute approximate surface area is 81.5 Å². The van der Waals surface area contributed by atoms with Gasteiger partial charge in [-0.1, -0.05) is 0 Å². The summed E-state index contributed by atoms with van der Waals surface area (Å²) in [5, 5.41) is 2.98. The molecule has 78 valence electrons. The fraction of sp³-hybridized carbons (Fsp3) is 0.900. The molecule has 13 heavy (non-hydrogen) atoms. The first-order valence-corrected chi connectivity index (χ1v) is 4.96. The van der Waals surface area contributed by atoms with E-state index in [4.69, 9.17) is 0 Å². The van der Waals surface area contributed by atoms with Crippen molar-refractivity contribution in [2.75, 3.05) is 13.6 Å². The molecule has 0 aromatic heterocycles. The van der Waals surface area contributed by atoms with Gasteiger partial charge in [0.25, 0.3) is 0 Å². The molecule has 3 heteroatoms. The van der Waals surface area contributed by atoms with Crippen LogP contribution in [-0.2, 0) is 4.79 Å². The summed E-state index contributed by atoms with van der Waals surface area (Å²) in [5.74, 6) is 0.236. The number of rotatable bonds is 5. The van der Waals surface area contributed by atoms with E-state index in [2.05, 4.69) is 33.0 Å². The summed E-state index contributed by atoms with van der Waals surface area (Å²) in [6, 6.07) is 0.591. The van der Waals surface area contributed by atoms with E-state index in [1.165, 1.54) is 0 Å². The average Bonchev–Trinajstić information content (AvgIpc) is 1.99. The van der Waals surface area contributed by atoms with Crippen LogP contribution < -0.4 is 5.32 Å². The maximum Gasteiger partial charge on any atom is 0.224 e. The highest BCUT2D eigenvalue weighted by atomic mass is 16.2. The lowest BCUT2D eigenvalue weighted by molar-refractivity contribution is -0.134. The van der Waals surface area contributed by atoms with Gasteiger partial charge in [-0.3, -0.25) is 4.79 Å². The Morgan fingerprint density at radius 2 is 1.69 bits per heavy atom. The van der Waals surface area contributed by atoms with Gasteiger partial charge < -0.3 is 10.2 Å². The van der Waals surface area contributed by atoms with Crippen LogP contribution in [0, 0.1) is 0 Å². The number of nitrogens with zero attached hydrogens (tertiary/aromatic N) is 1. The quantitative estimate of drug-likeness (QED) is 0.700. The van der Waals surface area contributed by atoms with Crippen LogP contribution in [0.4, 0.5) is 0 Å². The molecule has 1 amide bonds. The van der Waals surface area contributed by atoms with E-state index in [-0.39, 0.29) is 5.91 Å². The smallest absolute Gasteiger partial charge is 0.224 e. The van der Waals surface area contributed by atoms with Gasteiger partial charge in [0.2, 0.25) is 5.91 Å². The van der Waals surface area contributed by atoms with Crippen molar-refractivity contribution in [3.8, 4) is 0 Å². The molecule has 3 nitrogen and oxygen atoms in total. The third kappa shape index (κ3) is 4.27. The van der Waals surface area contributed by atoms with Gasteiger partial charge in [0, 0.05) is 25.0 Å². The van der Waals surface area contributed by atoms with Crippen molar-refractivity contribution in [3.63, 3.8) is 0 Å². The maximum absolute atomic E-state index is 11.7. The fourth-order valence-corrected chi connectivity index (χ4v) is 1.53. The summed E-state index contributed by atoms with van der Waals surface area (Å²) in [7, 11) is 1.86. The topological polar surface area (TPSA) is 32.3 Å². The van der Waals surface area contributed by atoms with Crippen molar-refractivity contribution in [1.82, 2.24) is 10.2 Å². The lowest BCUT2D eigenvalue weighted by Gasteiger charge is -2.30. The number of hydrogen-bond acceptors (Lipinski definition) is 2. The SMILES string of the molecule is CNCCC(=O)N(C(C)C)C(C)C. The minimum Gasteiger partial charge on any atom is -0.338 e. The zero-order valence-electron chi connectivity index (χ0n) is 9.42. The van der Waals surface area contributed by atoms with Crippen LogP contribution in [0.15, 0.2) is 0 Å². The average molecular weight is 186 g/mol. The number of hydrogen-bond donors (Lipinski definition) is 1. The maximum atomic E-state index is 11.7. The first-order valence-electron chi connectivity index (χ1n) is 4.96. The monoisotopic (exact) mass is 186 g/mol. The largest absolute Gasteiger partial charge is 0.338 e. The van der Waals surface area contributed by atoms with Crippen molar-refractivity contribution < 1.29 is 4.79 Å². The Morgan fingerprint density at radius 3 is 2.00 bits per heavy atom. The van der Waals surface area contributed by atoms with Gasteiger partial charge in [-0.05, 0) is 34.7 Å². The lowest BCUT2D eigenvalue weighted by Crippen LogP contribution is -2.42. The molecule has 1 N–H and O–H groups in total. The predicted molar refractivity (Wildman–Crippen MR) is 55.7 cm³/mol. The number of carbonyl (C=O) groups is 1. The molecule has 0 aromatic rings.